The quantitative estimate of drug-likeness (QED) is 0.792. The van der Waals surface area contributed by atoms with E-state index in [1.54, 1.807) is 0 Å². The normalized spacial score (nSPS) is 18.4. The van der Waals surface area contributed by atoms with Gasteiger partial charge in [-0.2, -0.15) is 0 Å². The minimum atomic E-state index is -0.0392. The zero-order valence-corrected chi connectivity index (χ0v) is 10.0. The molecule has 0 N–H and O–H groups in total. The molecule has 1 aromatic heterocycles. The number of nitrogens with zero attached hydrogens (tertiary/aromatic N) is 2. The van der Waals surface area contributed by atoms with Crippen LogP contribution in [0.2, 0.25) is 0 Å². The predicted molar refractivity (Wildman–Crippen MR) is 64.7 cm³/mol. The summed E-state index contributed by atoms with van der Waals surface area (Å²) in [6.07, 6.45) is 4.68. The van der Waals surface area contributed by atoms with E-state index in [4.69, 9.17) is 4.42 Å². The van der Waals surface area contributed by atoms with E-state index in [2.05, 4.69) is 34.5 Å². The third-order valence-electron chi connectivity index (χ3n) is 3.72. The fraction of sp³-hybridized carbons (Fsp3) is 0.429. The molecule has 1 fully saturated rings. The molecule has 1 aliphatic carbocycles. The van der Waals surface area contributed by atoms with E-state index < -0.39 is 0 Å². The van der Waals surface area contributed by atoms with Gasteiger partial charge in [0.05, 0.1) is 5.41 Å². The standard InChI is InChI=1S/C14H16N2O/c1-11-15-16-13(17-11)14(9-5-6-10-14)12-7-3-2-4-8-12/h2-4,7-8H,5-6,9-10H2,1H3. The van der Waals surface area contributed by atoms with Crippen LogP contribution < -0.4 is 0 Å². The Bertz CT molecular complexity index is 498. The van der Waals surface area contributed by atoms with Crippen LogP contribution in [0, 0.1) is 6.92 Å². The maximum absolute atomic E-state index is 5.70. The summed E-state index contributed by atoms with van der Waals surface area (Å²) in [7, 11) is 0. The smallest absolute Gasteiger partial charge is 0.227 e. The molecule has 0 unspecified atom stereocenters. The SMILES string of the molecule is Cc1nnc(C2(c3ccccc3)CCCC2)o1. The summed E-state index contributed by atoms with van der Waals surface area (Å²) in [5, 5.41) is 8.24. The number of aromatic nitrogens is 2. The lowest BCUT2D eigenvalue weighted by Gasteiger charge is -2.25. The monoisotopic (exact) mass is 228 g/mol. The van der Waals surface area contributed by atoms with Crippen molar-refractivity contribution in [3.8, 4) is 0 Å². The first-order valence-electron chi connectivity index (χ1n) is 6.17. The van der Waals surface area contributed by atoms with Crippen molar-refractivity contribution in [2.24, 2.45) is 0 Å². The first-order chi connectivity index (χ1) is 8.31. The van der Waals surface area contributed by atoms with Gasteiger partial charge in [0.2, 0.25) is 11.8 Å². The molecule has 17 heavy (non-hydrogen) atoms. The zero-order chi connectivity index (χ0) is 11.7. The van der Waals surface area contributed by atoms with E-state index in [9.17, 15) is 0 Å². The second-order valence-corrected chi connectivity index (χ2v) is 4.78. The molecule has 0 amide bonds. The van der Waals surface area contributed by atoms with Gasteiger partial charge in [-0.25, -0.2) is 0 Å². The minimum absolute atomic E-state index is 0.0392. The van der Waals surface area contributed by atoms with E-state index in [0.717, 1.165) is 18.7 Å². The average Bonchev–Trinajstić information content (AvgIpc) is 2.99. The highest BCUT2D eigenvalue weighted by atomic mass is 16.4. The highest BCUT2D eigenvalue weighted by Gasteiger charge is 2.41. The van der Waals surface area contributed by atoms with Crippen LogP contribution in [0.4, 0.5) is 0 Å². The molecule has 0 radical (unpaired) electrons. The van der Waals surface area contributed by atoms with Crippen molar-refractivity contribution in [3.05, 3.63) is 47.7 Å². The Labute approximate surface area is 101 Å². The molecule has 2 aromatic rings. The second kappa shape index (κ2) is 3.99. The molecule has 3 heteroatoms. The molecule has 0 atom stereocenters. The van der Waals surface area contributed by atoms with E-state index in [-0.39, 0.29) is 5.41 Å². The lowest BCUT2D eigenvalue weighted by molar-refractivity contribution is 0.364. The molecule has 3 nitrogen and oxygen atoms in total. The lowest BCUT2D eigenvalue weighted by atomic mass is 9.79. The van der Waals surface area contributed by atoms with Crippen molar-refractivity contribution in [1.29, 1.82) is 0 Å². The van der Waals surface area contributed by atoms with Gasteiger partial charge in [0.25, 0.3) is 0 Å². The Kier molecular flexibility index (Phi) is 2.46. The highest BCUT2D eigenvalue weighted by molar-refractivity contribution is 5.32. The number of aryl methyl sites for hydroxylation is 1. The fourth-order valence-corrected chi connectivity index (χ4v) is 2.85. The van der Waals surface area contributed by atoms with Crippen LogP contribution in [0.25, 0.3) is 0 Å². The summed E-state index contributed by atoms with van der Waals surface area (Å²) in [5.74, 6) is 1.45. The Morgan fingerprint density at radius 2 is 1.76 bits per heavy atom. The molecule has 1 saturated carbocycles. The summed E-state index contributed by atoms with van der Waals surface area (Å²) >= 11 is 0. The van der Waals surface area contributed by atoms with Crippen LogP contribution in [0.5, 0.6) is 0 Å². The van der Waals surface area contributed by atoms with Gasteiger partial charge < -0.3 is 4.42 Å². The second-order valence-electron chi connectivity index (χ2n) is 4.78. The maximum atomic E-state index is 5.70. The first kappa shape index (κ1) is 10.5. The summed E-state index contributed by atoms with van der Waals surface area (Å²) in [6.45, 7) is 1.85. The van der Waals surface area contributed by atoms with Gasteiger partial charge in [0, 0.05) is 6.92 Å². The van der Waals surface area contributed by atoms with Crippen molar-refractivity contribution in [2.45, 2.75) is 38.0 Å². The number of hydrogen-bond acceptors (Lipinski definition) is 3. The third-order valence-corrected chi connectivity index (χ3v) is 3.72. The van der Waals surface area contributed by atoms with Crippen molar-refractivity contribution in [2.75, 3.05) is 0 Å². The minimum Gasteiger partial charge on any atom is -0.425 e. The molecule has 0 bridgehead atoms. The summed E-state index contributed by atoms with van der Waals surface area (Å²) < 4.78 is 5.70. The maximum Gasteiger partial charge on any atom is 0.227 e. The molecule has 1 heterocycles. The van der Waals surface area contributed by atoms with Crippen molar-refractivity contribution in [1.82, 2.24) is 10.2 Å². The molecule has 1 aromatic carbocycles. The fourth-order valence-electron chi connectivity index (χ4n) is 2.85. The van der Waals surface area contributed by atoms with Gasteiger partial charge >= 0.3 is 0 Å². The van der Waals surface area contributed by atoms with Crippen LogP contribution in [-0.4, -0.2) is 10.2 Å². The van der Waals surface area contributed by atoms with E-state index in [1.807, 2.05) is 13.0 Å². The molecule has 0 saturated heterocycles. The van der Waals surface area contributed by atoms with Crippen LogP contribution in [0.15, 0.2) is 34.7 Å². The van der Waals surface area contributed by atoms with Gasteiger partial charge in [0.15, 0.2) is 0 Å². The molecule has 0 spiro atoms. The third kappa shape index (κ3) is 1.66. The Balaban J connectivity index is 2.11. The average molecular weight is 228 g/mol. The number of rotatable bonds is 2. The number of benzene rings is 1. The van der Waals surface area contributed by atoms with Gasteiger partial charge in [0.1, 0.15) is 0 Å². The molecular weight excluding hydrogens is 212 g/mol. The van der Waals surface area contributed by atoms with Crippen LogP contribution >= 0.6 is 0 Å². The highest BCUT2D eigenvalue weighted by Crippen LogP contribution is 2.45. The largest absolute Gasteiger partial charge is 0.425 e. The molecule has 1 aliphatic rings. The first-order valence-corrected chi connectivity index (χ1v) is 6.17. The lowest BCUT2D eigenvalue weighted by Crippen LogP contribution is -2.24. The summed E-state index contributed by atoms with van der Waals surface area (Å²) in [4.78, 5) is 0. The van der Waals surface area contributed by atoms with Gasteiger partial charge in [-0.3, -0.25) is 0 Å². The van der Waals surface area contributed by atoms with Gasteiger partial charge in [-0.1, -0.05) is 43.2 Å². The van der Waals surface area contributed by atoms with Crippen molar-refractivity contribution < 1.29 is 4.42 Å². The molecular formula is C14H16N2O. The molecule has 3 rings (SSSR count). The van der Waals surface area contributed by atoms with Gasteiger partial charge in [-0.05, 0) is 18.4 Å². The van der Waals surface area contributed by atoms with E-state index in [1.165, 1.54) is 18.4 Å². The Hall–Kier alpha value is -1.64. The van der Waals surface area contributed by atoms with Gasteiger partial charge in [-0.15, -0.1) is 10.2 Å². The van der Waals surface area contributed by atoms with Crippen molar-refractivity contribution in [3.63, 3.8) is 0 Å². The van der Waals surface area contributed by atoms with Crippen LogP contribution in [0.3, 0.4) is 0 Å². The topological polar surface area (TPSA) is 38.9 Å². The number of hydrogen-bond donors (Lipinski definition) is 0. The predicted octanol–water partition coefficient (Wildman–Crippen LogP) is 3.24. The van der Waals surface area contributed by atoms with E-state index >= 15 is 0 Å². The van der Waals surface area contributed by atoms with Crippen LogP contribution in [-0.2, 0) is 5.41 Å². The summed E-state index contributed by atoms with van der Waals surface area (Å²) in [5.41, 5.74) is 1.27. The van der Waals surface area contributed by atoms with E-state index in [0.29, 0.717) is 5.89 Å². The Morgan fingerprint density at radius 1 is 1.06 bits per heavy atom. The molecule has 0 aliphatic heterocycles. The van der Waals surface area contributed by atoms with Crippen molar-refractivity contribution >= 4 is 0 Å². The Morgan fingerprint density at radius 3 is 2.35 bits per heavy atom. The zero-order valence-electron chi connectivity index (χ0n) is 10.0. The summed E-state index contributed by atoms with van der Waals surface area (Å²) in [6, 6.07) is 10.6. The molecule has 88 valence electrons. The van der Waals surface area contributed by atoms with Crippen LogP contribution in [0.1, 0.15) is 43.0 Å².